The number of ether oxygens (including phenoxy) is 1. The molecule has 0 N–H and O–H groups in total. The van der Waals surface area contributed by atoms with Crippen LogP contribution in [0.5, 0.6) is 0 Å². The van der Waals surface area contributed by atoms with E-state index < -0.39 is 0 Å². The van der Waals surface area contributed by atoms with E-state index >= 15 is 0 Å². The van der Waals surface area contributed by atoms with Crippen LogP contribution in [0.25, 0.3) is 33.2 Å². The zero-order valence-corrected chi connectivity index (χ0v) is 17.1. The van der Waals surface area contributed by atoms with Gasteiger partial charge in [0.25, 0.3) is 5.56 Å². The first-order valence-corrected chi connectivity index (χ1v) is 10.4. The second-order valence-electron chi connectivity index (χ2n) is 7.92. The molecular weight excluding hydrogens is 366 g/mol. The number of hydrogen-bond donors (Lipinski definition) is 0. The Balaban J connectivity index is 1.89. The molecule has 2 unspecified atom stereocenters. The minimum atomic E-state index is -0.0393. The van der Waals surface area contributed by atoms with Crippen LogP contribution in [-0.4, -0.2) is 36.8 Å². The highest BCUT2D eigenvalue weighted by atomic mass is 16.5. The van der Waals surface area contributed by atoms with Crippen LogP contribution in [-0.2, 0) is 11.3 Å². The fraction of sp³-hybridized carbons (Fsp3) is 0.455. The maximum Gasteiger partial charge on any atom is 0.265 e. The van der Waals surface area contributed by atoms with Crippen molar-refractivity contribution < 1.29 is 4.74 Å². The highest BCUT2D eigenvalue weighted by Crippen LogP contribution is 2.28. The molecule has 7 heteroatoms. The molecule has 0 amide bonds. The molecule has 4 aromatic rings. The van der Waals surface area contributed by atoms with E-state index in [1.165, 1.54) is 0 Å². The zero-order valence-electron chi connectivity index (χ0n) is 17.1. The summed E-state index contributed by atoms with van der Waals surface area (Å²) < 4.78 is 9.70. The summed E-state index contributed by atoms with van der Waals surface area (Å²) >= 11 is 0. The van der Waals surface area contributed by atoms with Crippen LogP contribution in [0.2, 0.25) is 0 Å². The summed E-state index contributed by atoms with van der Waals surface area (Å²) in [5.41, 5.74) is 3.56. The molecule has 0 spiro atoms. The summed E-state index contributed by atoms with van der Waals surface area (Å²) in [6.07, 6.45) is 3.03. The van der Waals surface area contributed by atoms with Crippen molar-refractivity contribution in [3.63, 3.8) is 0 Å². The molecule has 0 aliphatic carbocycles. The normalized spacial score (nSPS) is 18.2. The Bertz CT molecular complexity index is 1280. The van der Waals surface area contributed by atoms with Gasteiger partial charge in [-0.2, -0.15) is 0 Å². The van der Waals surface area contributed by atoms with E-state index in [0.717, 1.165) is 42.7 Å². The van der Waals surface area contributed by atoms with Gasteiger partial charge in [-0.15, -0.1) is 0 Å². The zero-order chi connectivity index (χ0) is 20.1. The molecule has 2 atom stereocenters. The fourth-order valence-electron chi connectivity index (χ4n) is 4.34. The van der Waals surface area contributed by atoms with Gasteiger partial charge in [0.05, 0.1) is 23.7 Å². The van der Waals surface area contributed by atoms with Gasteiger partial charge in [-0.05, 0) is 45.2 Å². The van der Waals surface area contributed by atoms with Crippen molar-refractivity contribution in [3.05, 3.63) is 40.4 Å². The Kier molecular flexibility index (Phi) is 4.35. The lowest BCUT2D eigenvalue weighted by Gasteiger charge is -2.16. The second kappa shape index (κ2) is 6.91. The van der Waals surface area contributed by atoms with Crippen molar-refractivity contribution in [1.82, 2.24) is 24.1 Å². The van der Waals surface area contributed by atoms with Crippen LogP contribution in [0.3, 0.4) is 0 Å². The third-order valence-corrected chi connectivity index (χ3v) is 6.01. The molecular formula is C22H25N5O2. The van der Waals surface area contributed by atoms with Crippen LogP contribution in [0.15, 0.2) is 29.1 Å². The molecule has 4 heterocycles. The molecule has 3 aromatic heterocycles. The quantitative estimate of drug-likeness (QED) is 0.530. The first kappa shape index (κ1) is 18.2. The lowest BCUT2D eigenvalue weighted by Crippen LogP contribution is -2.27. The molecule has 1 aromatic carbocycles. The Morgan fingerprint density at radius 1 is 1.17 bits per heavy atom. The molecule has 1 fully saturated rings. The number of hydrogen-bond acceptors (Lipinski definition) is 5. The van der Waals surface area contributed by atoms with Crippen LogP contribution in [0, 0.1) is 6.92 Å². The van der Waals surface area contributed by atoms with Crippen molar-refractivity contribution in [1.29, 1.82) is 0 Å². The van der Waals surface area contributed by atoms with Gasteiger partial charge in [-0.25, -0.2) is 15.0 Å². The van der Waals surface area contributed by atoms with Crippen molar-refractivity contribution >= 4 is 33.2 Å². The average Bonchev–Trinajstić information content (AvgIpc) is 3.33. The molecule has 7 nitrogen and oxygen atoms in total. The standard InChI is InChI=1S/C22H25N5O2/c1-4-13(2)27-14(3)23-20-18(22(27)28)19-21(26(20)12-15-8-7-11-29-15)25-17-10-6-5-9-16(17)24-19/h5-6,9-10,13,15H,4,7-8,11-12H2,1-3H3. The first-order chi connectivity index (χ1) is 14.1. The van der Waals surface area contributed by atoms with E-state index in [9.17, 15) is 4.79 Å². The number of para-hydroxylation sites is 2. The maximum absolute atomic E-state index is 13.6. The summed E-state index contributed by atoms with van der Waals surface area (Å²) in [6, 6.07) is 7.85. The summed E-state index contributed by atoms with van der Waals surface area (Å²) in [6.45, 7) is 7.44. The minimum Gasteiger partial charge on any atom is -0.376 e. The smallest absolute Gasteiger partial charge is 0.265 e. The van der Waals surface area contributed by atoms with E-state index in [1.54, 1.807) is 4.57 Å². The largest absolute Gasteiger partial charge is 0.376 e. The molecule has 1 saturated heterocycles. The molecule has 1 aliphatic rings. The van der Waals surface area contributed by atoms with E-state index in [-0.39, 0.29) is 17.7 Å². The maximum atomic E-state index is 13.6. The van der Waals surface area contributed by atoms with Crippen molar-refractivity contribution in [3.8, 4) is 0 Å². The van der Waals surface area contributed by atoms with Gasteiger partial charge < -0.3 is 9.30 Å². The average molecular weight is 391 g/mol. The Morgan fingerprint density at radius 2 is 1.93 bits per heavy atom. The molecule has 1 aliphatic heterocycles. The summed E-state index contributed by atoms with van der Waals surface area (Å²) in [7, 11) is 0. The van der Waals surface area contributed by atoms with E-state index in [2.05, 4.69) is 13.8 Å². The van der Waals surface area contributed by atoms with E-state index in [4.69, 9.17) is 19.7 Å². The molecule has 5 rings (SSSR count). The number of fused-ring (bicyclic) bond motifs is 4. The Morgan fingerprint density at radius 3 is 2.62 bits per heavy atom. The topological polar surface area (TPSA) is 74.8 Å². The van der Waals surface area contributed by atoms with Crippen LogP contribution < -0.4 is 5.56 Å². The SMILES string of the molecule is CCC(C)n1c(C)nc2c(c1=O)c1nc3ccccc3nc1n2CC1CCCO1. The molecule has 29 heavy (non-hydrogen) atoms. The number of benzene rings is 1. The van der Waals surface area contributed by atoms with Gasteiger partial charge in [-0.1, -0.05) is 19.1 Å². The molecule has 0 radical (unpaired) electrons. The van der Waals surface area contributed by atoms with Gasteiger partial charge in [-0.3, -0.25) is 9.36 Å². The van der Waals surface area contributed by atoms with E-state index in [1.807, 2.05) is 35.8 Å². The van der Waals surface area contributed by atoms with Crippen LogP contribution >= 0.6 is 0 Å². The van der Waals surface area contributed by atoms with E-state index in [0.29, 0.717) is 28.7 Å². The predicted molar refractivity (Wildman–Crippen MR) is 113 cm³/mol. The predicted octanol–water partition coefficient (Wildman–Crippen LogP) is 3.75. The van der Waals surface area contributed by atoms with Crippen molar-refractivity contribution in [2.75, 3.05) is 6.61 Å². The molecule has 0 bridgehead atoms. The minimum absolute atomic E-state index is 0.0393. The van der Waals surface area contributed by atoms with Gasteiger partial charge in [0, 0.05) is 12.6 Å². The monoisotopic (exact) mass is 391 g/mol. The van der Waals surface area contributed by atoms with Crippen LogP contribution in [0.4, 0.5) is 0 Å². The van der Waals surface area contributed by atoms with Gasteiger partial charge >= 0.3 is 0 Å². The lowest BCUT2D eigenvalue weighted by atomic mass is 10.2. The second-order valence-corrected chi connectivity index (χ2v) is 7.92. The summed E-state index contributed by atoms with van der Waals surface area (Å²) in [4.78, 5) is 28.1. The number of aryl methyl sites for hydroxylation is 1. The van der Waals surface area contributed by atoms with Gasteiger partial charge in [0.15, 0.2) is 11.3 Å². The first-order valence-electron chi connectivity index (χ1n) is 10.4. The lowest BCUT2D eigenvalue weighted by molar-refractivity contribution is 0.0986. The Labute approximate surface area is 168 Å². The van der Waals surface area contributed by atoms with Crippen LogP contribution in [0.1, 0.15) is 45.0 Å². The molecule has 0 saturated carbocycles. The molecule has 150 valence electrons. The van der Waals surface area contributed by atoms with Crippen molar-refractivity contribution in [2.45, 2.75) is 58.7 Å². The number of aromatic nitrogens is 5. The summed E-state index contributed by atoms with van der Waals surface area (Å²) in [5, 5.41) is 0.558. The Hall–Kier alpha value is -2.80. The fourth-order valence-corrected chi connectivity index (χ4v) is 4.34. The third-order valence-electron chi connectivity index (χ3n) is 6.01. The van der Waals surface area contributed by atoms with Crippen molar-refractivity contribution in [2.24, 2.45) is 0 Å². The van der Waals surface area contributed by atoms with Gasteiger partial charge in [0.1, 0.15) is 16.7 Å². The summed E-state index contributed by atoms with van der Waals surface area (Å²) in [5.74, 6) is 0.720. The number of nitrogens with zero attached hydrogens (tertiary/aromatic N) is 5. The third kappa shape index (κ3) is 2.83. The van der Waals surface area contributed by atoms with Gasteiger partial charge in [0.2, 0.25) is 0 Å². The highest BCUT2D eigenvalue weighted by Gasteiger charge is 2.25. The number of rotatable bonds is 4. The highest BCUT2D eigenvalue weighted by molar-refractivity contribution is 6.04.